The monoisotopic (exact) mass is 1600 g/mol. The molecule has 0 aromatic heterocycles. The topological polar surface area (TPSA) is 589 Å². The molecule has 2 saturated heterocycles. The van der Waals surface area contributed by atoms with E-state index in [0.717, 1.165) is 32.9 Å². The minimum atomic E-state index is -2.80. The number of aliphatic hydroxyl groups is 12. The summed E-state index contributed by atoms with van der Waals surface area (Å²) in [5.41, 5.74) is -6.12. The number of aromatic hydroxyl groups is 3. The highest BCUT2D eigenvalue weighted by atomic mass is 16.4. The number of likely N-dealkylation sites (N-methyl/N-ethyl adjacent to an activating group) is 3. The lowest BCUT2D eigenvalue weighted by molar-refractivity contribution is -0.160. The predicted molar refractivity (Wildman–Crippen MR) is 407 cm³/mol. The van der Waals surface area contributed by atoms with Crippen molar-refractivity contribution in [2.45, 2.75) is 112 Å². The second-order valence-electron chi connectivity index (χ2n) is 32.5. The summed E-state index contributed by atoms with van der Waals surface area (Å²) in [7, 11) is 9.26. The van der Waals surface area contributed by atoms with Crippen LogP contribution >= 0.6 is 0 Å². The molecule has 15 unspecified atom stereocenters. The van der Waals surface area contributed by atoms with Crippen LogP contribution in [0.5, 0.6) is 17.2 Å². The van der Waals surface area contributed by atoms with Gasteiger partial charge in [-0.25, -0.2) is 0 Å². The second kappa shape index (κ2) is 29.5. The van der Waals surface area contributed by atoms with Gasteiger partial charge in [0, 0.05) is 78.4 Å². The number of aliphatic imine (C=N–C) groups is 1. The maximum absolute atomic E-state index is 14.2. The number of carbonyl (C=O) groups excluding carboxylic acids is 9. The van der Waals surface area contributed by atoms with Crippen LogP contribution in [0.3, 0.4) is 0 Å². The van der Waals surface area contributed by atoms with E-state index in [2.05, 4.69) is 15.6 Å². The molecular formula is C79H96N12O24. The van der Waals surface area contributed by atoms with Gasteiger partial charge >= 0.3 is 0 Å². The van der Waals surface area contributed by atoms with E-state index in [-0.39, 0.29) is 101 Å². The fourth-order valence-electron chi connectivity index (χ4n) is 19.4. The number of phenolic OH excluding ortho intramolecular Hbond substituents is 3. The quantitative estimate of drug-likeness (QED) is 0.0664. The van der Waals surface area contributed by atoms with E-state index in [1.165, 1.54) is 104 Å². The van der Waals surface area contributed by atoms with Gasteiger partial charge in [0.2, 0.25) is 23.3 Å². The number of nitrogens with two attached hydrogens (primary N) is 2. The number of guanidine groups is 2. The molecule has 11 aliphatic rings. The van der Waals surface area contributed by atoms with E-state index in [1.54, 1.807) is 33.1 Å². The zero-order chi connectivity index (χ0) is 84.8. The van der Waals surface area contributed by atoms with Crippen molar-refractivity contribution >= 4 is 81.5 Å². The Labute approximate surface area is 658 Å². The van der Waals surface area contributed by atoms with Crippen LogP contribution in [0.15, 0.2) is 110 Å². The second-order valence-corrected chi connectivity index (χ2v) is 32.5. The molecule has 22 N–H and O–H groups in total. The molecule has 0 radical (unpaired) electrons. The Kier molecular flexibility index (Phi) is 21.5. The smallest absolute Gasteiger partial charge is 0.259 e. The van der Waals surface area contributed by atoms with Crippen molar-refractivity contribution in [2.75, 3.05) is 94.9 Å². The van der Waals surface area contributed by atoms with Crippen LogP contribution in [0, 0.1) is 40.9 Å². The predicted octanol–water partition coefficient (Wildman–Crippen LogP) is -0.911. The van der Waals surface area contributed by atoms with E-state index < -0.39 is 202 Å². The van der Waals surface area contributed by atoms with Crippen molar-refractivity contribution in [2.24, 2.45) is 52.0 Å². The number of fused-ring (bicyclic) bond motifs is 9. The number of nitrogens with one attached hydrogen (secondary N) is 3. The SMILES string of the molecule is CC(=O)C1=C(O)C2(O)C(=O)C3=C(O)c4c(O)cccc4C(C)(O)C3CC2C(N(C)C)C1=O.CN(C)C1C(=O)C(C(=O)NCN2CCCC2)=C(O)C2(O)C(=O)C3=C(O)c4c(O)cccc4C(C)(O)C3CC12.CN(C)C1C(=O)C(C(=O)NCN2CCN(C(=N)N=C(N)N)CC2)=C(O)C2(O)C(=O)C3=C(O)c4c(O)cccc4C(C)(O)C3CC12. The Bertz CT molecular complexity index is 4970. The molecule has 0 spiro atoms. The highest BCUT2D eigenvalue weighted by Crippen LogP contribution is 2.61. The molecule has 9 aliphatic carbocycles. The minimum Gasteiger partial charge on any atom is -0.508 e. The van der Waals surface area contributed by atoms with Crippen LogP contribution < -0.4 is 22.1 Å². The summed E-state index contributed by atoms with van der Waals surface area (Å²) in [5, 5.41) is 181. The number of carbonyl (C=O) groups is 9. The van der Waals surface area contributed by atoms with Crippen molar-refractivity contribution in [1.82, 2.24) is 40.0 Å². The third-order valence-corrected chi connectivity index (χ3v) is 25.2. The van der Waals surface area contributed by atoms with Crippen LogP contribution in [0.1, 0.15) is 93.2 Å². The number of likely N-dealkylation sites (tertiary alicyclic amines) is 1. The van der Waals surface area contributed by atoms with Gasteiger partial charge in [0.25, 0.3) is 11.8 Å². The van der Waals surface area contributed by atoms with E-state index in [1.807, 2.05) is 9.80 Å². The van der Waals surface area contributed by atoms with E-state index in [0.29, 0.717) is 26.2 Å². The van der Waals surface area contributed by atoms with Gasteiger partial charge < -0.3 is 104 Å². The summed E-state index contributed by atoms with van der Waals surface area (Å²) in [6.07, 6.45) is 1.39. The highest BCUT2D eigenvalue weighted by molar-refractivity contribution is 6.27. The molecule has 2 heterocycles. The molecule has 3 aromatic rings. The van der Waals surface area contributed by atoms with Gasteiger partial charge in [-0.2, -0.15) is 4.99 Å². The van der Waals surface area contributed by atoms with Gasteiger partial charge in [-0.15, -0.1) is 0 Å². The number of piperazine rings is 1. The average Bonchev–Trinajstić information content (AvgIpc) is 0.759. The van der Waals surface area contributed by atoms with Crippen molar-refractivity contribution < 1.29 is 120 Å². The molecular weight excluding hydrogens is 1500 g/mol. The zero-order valence-corrected chi connectivity index (χ0v) is 64.8. The lowest BCUT2D eigenvalue weighted by Crippen LogP contribution is -2.67. The van der Waals surface area contributed by atoms with E-state index >= 15 is 0 Å². The average molecular weight is 1600 g/mol. The number of aliphatic hydroxyl groups excluding tert-OH is 6. The molecule has 14 rings (SSSR count). The van der Waals surface area contributed by atoms with E-state index in [9.17, 15) is 120 Å². The molecule has 115 heavy (non-hydrogen) atoms. The summed E-state index contributed by atoms with van der Waals surface area (Å²) in [4.78, 5) is 135. The van der Waals surface area contributed by atoms with Crippen LogP contribution in [-0.4, -0.2) is 300 Å². The third-order valence-electron chi connectivity index (χ3n) is 25.2. The zero-order valence-electron chi connectivity index (χ0n) is 64.8. The first-order chi connectivity index (χ1) is 53.6. The van der Waals surface area contributed by atoms with Crippen LogP contribution in [0.25, 0.3) is 17.3 Å². The first-order valence-corrected chi connectivity index (χ1v) is 37.3. The molecule has 2 aliphatic heterocycles. The molecule has 5 fully saturated rings. The molecule has 616 valence electrons. The fourth-order valence-corrected chi connectivity index (χ4v) is 19.4. The standard InChI is InChI=1S/C29H38N8O8.C27H33N3O8.C23H25NO8/c1-28(44)13-5-4-6-16(38)17(13)21(39)18-14(28)11-15-20(35(2)3)22(40)19(24(42)29(15,45)23(18)41)25(43)33-12-36-7-9-37(10-8-36)27(32)34-26(30)31;1-26(37)13-7-6-8-16(31)17(13)21(32)18-14(26)11-15-20(29(2)3)22(33)19(24(35)27(15,38)23(18)34)25(36)28-12-30-9-4-5-10-30;1-9(25)14-19(28)17(24(3)4)12-8-11-16(21(30)23(12,32)20(14)29)18(27)15-10(22(11,2)31)6-5-7-13(15)26/h4-6,14-15,20,38-39,42,44-45H,7-12H2,1-3H3,(H,33,43)(H5,30,31,32,34);6-8,14-15,20,31-32,35,37-38H,4-5,9-12H2,1-3H3,(H,28,36);5-7,11-12,17,26-27,29,31-32H,8H2,1-4H3. The Balaban J connectivity index is 0.000000162. The number of ketones is 7. The molecule has 36 nitrogen and oxygen atoms in total. The maximum Gasteiger partial charge on any atom is 0.259 e. The first kappa shape index (κ1) is 83.7. The maximum atomic E-state index is 14.2. The summed E-state index contributed by atoms with van der Waals surface area (Å²) >= 11 is 0. The number of rotatable bonds is 10. The third kappa shape index (κ3) is 12.7. The van der Waals surface area contributed by atoms with Gasteiger partial charge in [-0.1, -0.05) is 36.4 Å². The molecule has 3 saturated carbocycles. The normalized spacial score (nSPS) is 32.4. The highest BCUT2D eigenvalue weighted by Gasteiger charge is 2.70. The Morgan fingerprint density at radius 2 is 0.757 bits per heavy atom. The molecule has 36 heteroatoms. The number of phenols is 3. The summed E-state index contributed by atoms with van der Waals surface area (Å²) in [5.74, 6) is -22.1. The Hall–Kier alpha value is -10.8. The van der Waals surface area contributed by atoms with Crippen molar-refractivity contribution in [1.29, 1.82) is 5.41 Å². The largest absolute Gasteiger partial charge is 0.508 e. The summed E-state index contributed by atoms with van der Waals surface area (Å²) in [6, 6.07) is 9.25. The molecule has 3 aromatic carbocycles. The first-order valence-electron chi connectivity index (χ1n) is 37.3. The van der Waals surface area contributed by atoms with E-state index in [4.69, 9.17) is 16.9 Å². The Morgan fingerprint density at radius 1 is 0.470 bits per heavy atom. The number of nitrogens with zero attached hydrogens (tertiary/aromatic N) is 7. The van der Waals surface area contributed by atoms with Crippen molar-refractivity contribution in [3.05, 3.63) is 139 Å². The summed E-state index contributed by atoms with van der Waals surface area (Å²) in [6.45, 7) is 8.48. The number of benzene rings is 3. The fraction of sp³-hybridized carbons (Fsp3) is 0.481. The van der Waals surface area contributed by atoms with Gasteiger partial charge in [0.1, 0.15) is 68.5 Å². The lowest BCUT2D eigenvalue weighted by Gasteiger charge is -2.53. The number of hydrogen-bond donors (Lipinski definition) is 20. The van der Waals surface area contributed by atoms with Crippen LogP contribution in [0.2, 0.25) is 0 Å². The van der Waals surface area contributed by atoms with Gasteiger partial charge in [-0.05, 0) is 150 Å². The summed E-state index contributed by atoms with van der Waals surface area (Å²) < 4.78 is 0. The van der Waals surface area contributed by atoms with Crippen LogP contribution in [-0.2, 0) is 60.0 Å². The van der Waals surface area contributed by atoms with Crippen molar-refractivity contribution in [3.8, 4) is 17.2 Å². The number of Topliss-reactive ketones (excluding diaryl/α,β-unsaturated/α-hetero) is 7. The molecule has 0 bridgehead atoms. The van der Waals surface area contributed by atoms with Gasteiger partial charge in [0.05, 0.1) is 65.0 Å². The number of amides is 2. The molecule has 15 atom stereocenters. The lowest BCUT2D eigenvalue weighted by atomic mass is 9.54. The van der Waals surface area contributed by atoms with Gasteiger partial charge in [0.15, 0.2) is 45.9 Å². The Morgan fingerprint density at radius 3 is 1.04 bits per heavy atom. The van der Waals surface area contributed by atoms with Crippen LogP contribution in [0.4, 0.5) is 0 Å². The van der Waals surface area contributed by atoms with Crippen molar-refractivity contribution in [3.63, 3.8) is 0 Å². The molecule has 2 amide bonds. The minimum absolute atomic E-state index is 0.0538. The number of hydrogen-bond acceptors (Lipinski definition) is 30. The van der Waals surface area contributed by atoms with Gasteiger partial charge in [-0.3, -0.25) is 73.1 Å².